The lowest BCUT2D eigenvalue weighted by Gasteiger charge is -2.05. The Morgan fingerprint density at radius 3 is 2.79 bits per heavy atom. The van der Waals surface area contributed by atoms with Crippen LogP contribution in [-0.4, -0.2) is 5.11 Å². The minimum atomic E-state index is 0.134. The van der Waals surface area contributed by atoms with Gasteiger partial charge >= 0.3 is 0 Å². The second-order valence-electron chi connectivity index (χ2n) is 4.51. The molecule has 0 bridgehead atoms. The van der Waals surface area contributed by atoms with Gasteiger partial charge in [-0.2, -0.15) is 0 Å². The van der Waals surface area contributed by atoms with Crippen molar-refractivity contribution in [2.24, 2.45) is 0 Å². The van der Waals surface area contributed by atoms with Crippen LogP contribution >= 0.6 is 0 Å². The molecule has 0 spiro atoms. The van der Waals surface area contributed by atoms with Gasteiger partial charge in [-0.05, 0) is 36.8 Å². The lowest BCUT2D eigenvalue weighted by Crippen LogP contribution is -1.93. The zero-order valence-electron chi connectivity index (χ0n) is 10.6. The van der Waals surface area contributed by atoms with E-state index < -0.39 is 0 Å². The first-order valence-corrected chi connectivity index (χ1v) is 6.12. The molecule has 0 aliphatic heterocycles. The first-order chi connectivity index (χ1) is 9.22. The molecule has 3 heteroatoms. The summed E-state index contributed by atoms with van der Waals surface area (Å²) in [4.78, 5) is 0. The molecule has 0 amide bonds. The van der Waals surface area contributed by atoms with E-state index in [-0.39, 0.29) is 5.75 Å². The predicted octanol–water partition coefficient (Wildman–Crippen LogP) is 4.03. The van der Waals surface area contributed by atoms with Crippen LogP contribution in [0.2, 0.25) is 0 Å². The normalized spacial score (nSPS) is 10.8. The van der Waals surface area contributed by atoms with Gasteiger partial charge in [-0.1, -0.05) is 24.3 Å². The molecule has 3 rings (SSSR count). The van der Waals surface area contributed by atoms with Crippen LogP contribution in [0.25, 0.3) is 11.0 Å². The molecule has 1 aromatic heterocycles. The molecule has 96 valence electrons. The van der Waals surface area contributed by atoms with Gasteiger partial charge in [0.1, 0.15) is 18.0 Å². The van der Waals surface area contributed by atoms with Crippen molar-refractivity contribution in [3.8, 4) is 11.5 Å². The monoisotopic (exact) mass is 254 g/mol. The van der Waals surface area contributed by atoms with Crippen LogP contribution in [0.4, 0.5) is 0 Å². The minimum Gasteiger partial charge on any atom is -0.504 e. The average Bonchev–Trinajstić information content (AvgIpc) is 2.79. The van der Waals surface area contributed by atoms with Crippen LogP contribution in [0.3, 0.4) is 0 Å². The molecule has 0 saturated carbocycles. The summed E-state index contributed by atoms with van der Waals surface area (Å²) in [6, 6.07) is 14.9. The van der Waals surface area contributed by atoms with Gasteiger partial charge in [-0.3, -0.25) is 0 Å². The van der Waals surface area contributed by atoms with E-state index >= 15 is 0 Å². The number of rotatable bonds is 3. The van der Waals surface area contributed by atoms with Crippen molar-refractivity contribution in [3.63, 3.8) is 0 Å². The average molecular weight is 254 g/mol. The highest BCUT2D eigenvalue weighted by Crippen LogP contribution is 2.26. The fourth-order valence-electron chi connectivity index (χ4n) is 1.99. The van der Waals surface area contributed by atoms with Crippen LogP contribution in [0, 0.1) is 6.92 Å². The third-order valence-electron chi connectivity index (χ3n) is 2.96. The molecule has 0 atom stereocenters. The van der Waals surface area contributed by atoms with Crippen LogP contribution in [0.5, 0.6) is 11.5 Å². The molecule has 1 heterocycles. The molecular formula is C16H14O3. The Balaban J connectivity index is 1.80. The van der Waals surface area contributed by atoms with Crippen molar-refractivity contribution >= 4 is 11.0 Å². The molecule has 0 saturated heterocycles. The van der Waals surface area contributed by atoms with Gasteiger partial charge in [0.15, 0.2) is 11.5 Å². The predicted molar refractivity (Wildman–Crippen MR) is 73.4 cm³/mol. The third kappa shape index (κ3) is 2.40. The number of furan rings is 1. The zero-order chi connectivity index (χ0) is 13.2. The van der Waals surface area contributed by atoms with E-state index in [1.807, 2.05) is 37.3 Å². The Kier molecular flexibility index (Phi) is 2.88. The number of benzene rings is 2. The minimum absolute atomic E-state index is 0.134. The van der Waals surface area contributed by atoms with E-state index in [1.165, 1.54) is 0 Å². The lowest BCUT2D eigenvalue weighted by atomic mass is 10.2. The maximum atomic E-state index is 9.61. The van der Waals surface area contributed by atoms with Crippen molar-refractivity contribution in [1.29, 1.82) is 0 Å². The highest BCUT2D eigenvalue weighted by atomic mass is 16.5. The van der Waals surface area contributed by atoms with Crippen molar-refractivity contribution < 1.29 is 14.3 Å². The Bertz CT molecular complexity index is 713. The first kappa shape index (κ1) is 11.7. The molecule has 0 fully saturated rings. The van der Waals surface area contributed by atoms with Crippen molar-refractivity contribution in [3.05, 3.63) is 59.9 Å². The topological polar surface area (TPSA) is 42.6 Å². The lowest BCUT2D eigenvalue weighted by molar-refractivity contribution is 0.262. The highest BCUT2D eigenvalue weighted by Gasteiger charge is 2.06. The van der Waals surface area contributed by atoms with Crippen molar-refractivity contribution in [1.82, 2.24) is 0 Å². The number of para-hydroxylation sites is 2. The van der Waals surface area contributed by atoms with E-state index in [0.29, 0.717) is 12.4 Å². The number of aryl methyl sites for hydroxylation is 1. The van der Waals surface area contributed by atoms with E-state index in [4.69, 9.17) is 9.15 Å². The van der Waals surface area contributed by atoms with Gasteiger partial charge < -0.3 is 14.3 Å². The molecule has 0 radical (unpaired) electrons. The SMILES string of the molecule is Cc1ccc2cc(COc3ccccc3O)oc2c1. The van der Waals surface area contributed by atoms with Gasteiger partial charge in [0, 0.05) is 5.39 Å². The quantitative estimate of drug-likeness (QED) is 0.767. The van der Waals surface area contributed by atoms with E-state index in [0.717, 1.165) is 22.3 Å². The Hall–Kier alpha value is -2.42. The highest BCUT2D eigenvalue weighted by molar-refractivity contribution is 5.78. The van der Waals surface area contributed by atoms with Gasteiger partial charge in [0.05, 0.1) is 0 Å². The molecule has 1 N–H and O–H groups in total. The zero-order valence-corrected chi connectivity index (χ0v) is 10.6. The molecule has 0 aliphatic carbocycles. The number of hydrogen-bond acceptors (Lipinski definition) is 3. The molecular weight excluding hydrogens is 240 g/mol. The number of aromatic hydroxyl groups is 1. The Morgan fingerprint density at radius 1 is 1.11 bits per heavy atom. The summed E-state index contributed by atoms with van der Waals surface area (Å²) in [6.07, 6.45) is 0. The second kappa shape index (κ2) is 4.69. The maximum absolute atomic E-state index is 9.61. The summed E-state index contributed by atoms with van der Waals surface area (Å²) < 4.78 is 11.2. The maximum Gasteiger partial charge on any atom is 0.161 e. The summed E-state index contributed by atoms with van der Waals surface area (Å²) in [5, 5.41) is 10.7. The second-order valence-corrected chi connectivity index (χ2v) is 4.51. The number of ether oxygens (including phenoxy) is 1. The number of fused-ring (bicyclic) bond motifs is 1. The molecule has 19 heavy (non-hydrogen) atoms. The molecule has 3 nitrogen and oxygen atoms in total. The van der Waals surface area contributed by atoms with Crippen molar-refractivity contribution in [2.45, 2.75) is 13.5 Å². The summed E-state index contributed by atoms with van der Waals surface area (Å²) >= 11 is 0. The Labute approximate surface area is 111 Å². The van der Waals surface area contributed by atoms with Crippen LogP contribution in [0.15, 0.2) is 52.9 Å². The molecule has 0 unspecified atom stereocenters. The molecule has 2 aromatic carbocycles. The van der Waals surface area contributed by atoms with E-state index in [9.17, 15) is 5.11 Å². The number of phenols is 1. The molecule has 0 aliphatic rings. The first-order valence-electron chi connectivity index (χ1n) is 6.12. The summed E-state index contributed by atoms with van der Waals surface area (Å²) in [5.74, 6) is 1.33. The van der Waals surface area contributed by atoms with Crippen LogP contribution in [0.1, 0.15) is 11.3 Å². The van der Waals surface area contributed by atoms with E-state index in [2.05, 4.69) is 0 Å². The fraction of sp³-hybridized carbons (Fsp3) is 0.125. The van der Waals surface area contributed by atoms with Gasteiger partial charge in [-0.15, -0.1) is 0 Å². The van der Waals surface area contributed by atoms with Crippen LogP contribution in [-0.2, 0) is 6.61 Å². The van der Waals surface area contributed by atoms with Crippen molar-refractivity contribution in [2.75, 3.05) is 0 Å². The summed E-state index contributed by atoms with van der Waals surface area (Å²) in [6.45, 7) is 2.32. The van der Waals surface area contributed by atoms with Gasteiger partial charge in [-0.25, -0.2) is 0 Å². The number of hydrogen-bond donors (Lipinski definition) is 1. The van der Waals surface area contributed by atoms with E-state index in [1.54, 1.807) is 18.2 Å². The standard InChI is InChI=1S/C16H14O3/c1-11-6-7-12-9-13(19-16(12)8-11)10-18-15-5-3-2-4-14(15)17/h2-9,17H,10H2,1H3. The summed E-state index contributed by atoms with van der Waals surface area (Å²) in [5.41, 5.74) is 2.02. The largest absolute Gasteiger partial charge is 0.504 e. The smallest absolute Gasteiger partial charge is 0.161 e. The van der Waals surface area contributed by atoms with Gasteiger partial charge in [0.2, 0.25) is 0 Å². The van der Waals surface area contributed by atoms with Crippen LogP contribution < -0.4 is 4.74 Å². The Morgan fingerprint density at radius 2 is 1.95 bits per heavy atom. The molecule has 3 aromatic rings. The van der Waals surface area contributed by atoms with Gasteiger partial charge in [0.25, 0.3) is 0 Å². The fourth-order valence-corrected chi connectivity index (χ4v) is 1.99. The number of phenolic OH excluding ortho intramolecular Hbond substituents is 1. The summed E-state index contributed by atoms with van der Waals surface area (Å²) in [7, 11) is 0. The third-order valence-corrected chi connectivity index (χ3v) is 2.96.